The van der Waals surface area contributed by atoms with Gasteiger partial charge in [0.1, 0.15) is 0 Å². The summed E-state index contributed by atoms with van der Waals surface area (Å²) in [6, 6.07) is 0. The van der Waals surface area contributed by atoms with Gasteiger partial charge in [0.2, 0.25) is 0 Å². The Bertz CT molecular complexity index is 263. The van der Waals surface area contributed by atoms with E-state index in [4.69, 9.17) is 10.5 Å². The maximum absolute atomic E-state index is 11.1. The zero-order valence-corrected chi connectivity index (χ0v) is 12.7. The third-order valence-electron chi connectivity index (χ3n) is 2.96. The van der Waals surface area contributed by atoms with Crippen LogP contribution in [0.3, 0.4) is 0 Å². The molecule has 0 aromatic rings. The molecule has 0 aromatic carbocycles. The van der Waals surface area contributed by atoms with Crippen LogP contribution in [0.25, 0.3) is 0 Å². The SMILES string of the molecule is CCOC(=O)CCCCCCN=C(N)N(CC)CC. The number of esters is 1. The zero-order valence-electron chi connectivity index (χ0n) is 12.7. The molecule has 0 aliphatic rings. The van der Waals surface area contributed by atoms with Crippen LogP contribution in [0.5, 0.6) is 0 Å². The van der Waals surface area contributed by atoms with Crippen LogP contribution in [0.1, 0.15) is 52.9 Å². The normalized spacial score (nSPS) is 11.4. The van der Waals surface area contributed by atoms with Crippen LogP contribution in [-0.4, -0.2) is 43.1 Å². The topological polar surface area (TPSA) is 67.9 Å². The number of aliphatic imine (C=N–C) groups is 1. The number of carbonyl (C=O) groups is 1. The van der Waals surface area contributed by atoms with Gasteiger partial charge in [0.25, 0.3) is 0 Å². The zero-order chi connectivity index (χ0) is 14.5. The van der Waals surface area contributed by atoms with Crippen molar-refractivity contribution in [3.63, 3.8) is 0 Å². The van der Waals surface area contributed by atoms with Gasteiger partial charge in [-0.15, -0.1) is 0 Å². The van der Waals surface area contributed by atoms with E-state index in [9.17, 15) is 4.79 Å². The maximum Gasteiger partial charge on any atom is 0.305 e. The number of hydrogen-bond donors (Lipinski definition) is 1. The summed E-state index contributed by atoms with van der Waals surface area (Å²) in [4.78, 5) is 17.5. The number of nitrogens with zero attached hydrogens (tertiary/aromatic N) is 2. The summed E-state index contributed by atoms with van der Waals surface area (Å²) in [5.41, 5.74) is 5.87. The monoisotopic (exact) mass is 271 g/mol. The first-order chi connectivity index (χ1) is 9.15. The number of hydrogen-bond acceptors (Lipinski definition) is 3. The molecule has 0 amide bonds. The van der Waals surface area contributed by atoms with E-state index in [-0.39, 0.29) is 5.97 Å². The van der Waals surface area contributed by atoms with Crippen molar-refractivity contribution in [1.82, 2.24) is 4.90 Å². The third kappa shape index (κ3) is 9.33. The number of nitrogens with two attached hydrogens (primary N) is 1. The Labute approximate surface area is 117 Å². The average Bonchev–Trinajstić information content (AvgIpc) is 2.39. The summed E-state index contributed by atoms with van der Waals surface area (Å²) in [7, 11) is 0. The molecule has 0 aliphatic carbocycles. The van der Waals surface area contributed by atoms with Crippen molar-refractivity contribution >= 4 is 11.9 Å². The first-order valence-corrected chi connectivity index (χ1v) is 7.36. The van der Waals surface area contributed by atoms with Gasteiger partial charge in [-0.05, 0) is 33.6 Å². The van der Waals surface area contributed by atoms with E-state index in [0.29, 0.717) is 19.0 Å². The molecule has 5 nitrogen and oxygen atoms in total. The molecule has 112 valence electrons. The number of rotatable bonds is 10. The summed E-state index contributed by atoms with van der Waals surface area (Å²) in [5.74, 6) is 0.544. The second-order valence-corrected chi connectivity index (χ2v) is 4.38. The summed E-state index contributed by atoms with van der Waals surface area (Å²) < 4.78 is 4.87. The highest BCUT2D eigenvalue weighted by atomic mass is 16.5. The van der Waals surface area contributed by atoms with Crippen LogP contribution in [0, 0.1) is 0 Å². The minimum atomic E-state index is -0.0914. The predicted molar refractivity (Wildman–Crippen MR) is 79.1 cm³/mol. The largest absolute Gasteiger partial charge is 0.466 e. The van der Waals surface area contributed by atoms with E-state index in [1.807, 2.05) is 11.8 Å². The molecule has 0 saturated carbocycles. The van der Waals surface area contributed by atoms with Crippen molar-refractivity contribution in [1.29, 1.82) is 0 Å². The van der Waals surface area contributed by atoms with Gasteiger partial charge >= 0.3 is 5.97 Å². The van der Waals surface area contributed by atoms with E-state index >= 15 is 0 Å². The number of carbonyl (C=O) groups excluding carboxylic acids is 1. The third-order valence-corrected chi connectivity index (χ3v) is 2.96. The molecular formula is C14H29N3O2. The van der Waals surface area contributed by atoms with Crippen molar-refractivity contribution in [2.75, 3.05) is 26.2 Å². The van der Waals surface area contributed by atoms with Crippen molar-refractivity contribution in [3.8, 4) is 0 Å². The second kappa shape index (κ2) is 11.8. The lowest BCUT2D eigenvalue weighted by atomic mass is 10.1. The van der Waals surface area contributed by atoms with Crippen LogP contribution in [0.2, 0.25) is 0 Å². The van der Waals surface area contributed by atoms with Crippen molar-refractivity contribution < 1.29 is 9.53 Å². The lowest BCUT2D eigenvalue weighted by Gasteiger charge is -2.19. The first kappa shape index (κ1) is 17.7. The van der Waals surface area contributed by atoms with Gasteiger partial charge in [-0.3, -0.25) is 9.79 Å². The maximum atomic E-state index is 11.1. The fourth-order valence-electron chi connectivity index (χ4n) is 1.81. The predicted octanol–water partition coefficient (Wildman–Crippen LogP) is 2.16. The van der Waals surface area contributed by atoms with Gasteiger partial charge in [-0.1, -0.05) is 12.8 Å². The molecule has 0 aliphatic heterocycles. The molecule has 0 spiro atoms. The van der Waals surface area contributed by atoms with Gasteiger partial charge in [0.05, 0.1) is 6.61 Å². The second-order valence-electron chi connectivity index (χ2n) is 4.38. The van der Waals surface area contributed by atoms with Gasteiger partial charge < -0.3 is 15.4 Å². The molecule has 0 heterocycles. The molecule has 0 fully saturated rings. The minimum Gasteiger partial charge on any atom is -0.466 e. The Hall–Kier alpha value is -1.26. The van der Waals surface area contributed by atoms with Crippen LogP contribution in [-0.2, 0) is 9.53 Å². The van der Waals surface area contributed by atoms with Crippen LogP contribution >= 0.6 is 0 Å². The van der Waals surface area contributed by atoms with E-state index in [0.717, 1.165) is 45.3 Å². The van der Waals surface area contributed by atoms with Crippen LogP contribution in [0.4, 0.5) is 0 Å². The Kier molecular flexibility index (Phi) is 11.0. The van der Waals surface area contributed by atoms with Gasteiger partial charge in [-0.25, -0.2) is 0 Å². The summed E-state index contributed by atoms with van der Waals surface area (Å²) in [6.45, 7) is 9.00. The standard InChI is InChI=1S/C14H29N3O2/c1-4-17(5-2)14(15)16-12-10-8-7-9-11-13(18)19-6-3/h4-12H2,1-3H3,(H2,15,16). The quantitative estimate of drug-likeness (QED) is 0.286. The number of guanidine groups is 1. The Morgan fingerprint density at radius 2 is 1.74 bits per heavy atom. The highest BCUT2D eigenvalue weighted by Gasteiger charge is 2.02. The fourth-order valence-corrected chi connectivity index (χ4v) is 1.81. The minimum absolute atomic E-state index is 0.0914. The summed E-state index contributed by atoms with van der Waals surface area (Å²) in [5, 5.41) is 0. The van der Waals surface area contributed by atoms with Gasteiger partial charge in [0, 0.05) is 26.1 Å². The molecule has 2 N–H and O–H groups in total. The first-order valence-electron chi connectivity index (χ1n) is 7.36. The Morgan fingerprint density at radius 3 is 2.32 bits per heavy atom. The van der Waals surface area contributed by atoms with Gasteiger partial charge in [0.15, 0.2) is 5.96 Å². The summed E-state index contributed by atoms with van der Waals surface area (Å²) >= 11 is 0. The van der Waals surface area contributed by atoms with Crippen molar-refractivity contribution in [3.05, 3.63) is 0 Å². The molecule has 0 atom stereocenters. The van der Waals surface area contributed by atoms with E-state index in [2.05, 4.69) is 18.8 Å². The molecule has 0 unspecified atom stereocenters. The van der Waals surface area contributed by atoms with E-state index < -0.39 is 0 Å². The van der Waals surface area contributed by atoms with Gasteiger partial charge in [-0.2, -0.15) is 0 Å². The molecule has 5 heteroatoms. The molecule has 0 saturated heterocycles. The molecule has 19 heavy (non-hydrogen) atoms. The lowest BCUT2D eigenvalue weighted by molar-refractivity contribution is -0.143. The van der Waals surface area contributed by atoms with Crippen molar-refractivity contribution in [2.24, 2.45) is 10.7 Å². The Balaban J connectivity index is 3.54. The molecule has 0 bridgehead atoms. The smallest absolute Gasteiger partial charge is 0.305 e. The average molecular weight is 271 g/mol. The molecule has 0 aromatic heterocycles. The molecular weight excluding hydrogens is 242 g/mol. The van der Waals surface area contributed by atoms with Crippen LogP contribution in [0.15, 0.2) is 4.99 Å². The summed E-state index contributed by atoms with van der Waals surface area (Å²) in [6.07, 6.45) is 4.56. The molecule has 0 radical (unpaired) electrons. The van der Waals surface area contributed by atoms with E-state index in [1.54, 1.807) is 0 Å². The van der Waals surface area contributed by atoms with E-state index in [1.165, 1.54) is 0 Å². The molecule has 0 rings (SSSR count). The highest BCUT2D eigenvalue weighted by Crippen LogP contribution is 2.04. The van der Waals surface area contributed by atoms with Crippen LogP contribution < -0.4 is 5.73 Å². The highest BCUT2D eigenvalue weighted by molar-refractivity contribution is 5.77. The van der Waals surface area contributed by atoms with Crippen molar-refractivity contribution in [2.45, 2.75) is 52.9 Å². The fraction of sp³-hybridized carbons (Fsp3) is 0.857. The Morgan fingerprint density at radius 1 is 1.11 bits per heavy atom. The number of ether oxygens (including phenoxy) is 1. The number of unbranched alkanes of at least 4 members (excludes halogenated alkanes) is 3. The lowest BCUT2D eigenvalue weighted by Crippen LogP contribution is -2.37.